The minimum atomic E-state index is -0.456. The largest absolute Gasteiger partial charge is 0.417 e. The zero-order valence-electron chi connectivity index (χ0n) is 10.8. The van der Waals surface area contributed by atoms with E-state index in [-0.39, 0.29) is 5.91 Å². The van der Waals surface area contributed by atoms with Crippen LogP contribution in [0.15, 0.2) is 27.4 Å². The van der Waals surface area contributed by atoms with Crippen molar-refractivity contribution in [1.82, 2.24) is 9.88 Å². The fourth-order valence-electron chi connectivity index (χ4n) is 1.88. The second-order valence-electron chi connectivity index (χ2n) is 4.45. The maximum atomic E-state index is 11.6. The van der Waals surface area contributed by atoms with Gasteiger partial charge < -0.3 is 15.1 Å². The Labute approximate surface area is 110 Å². The molecule has 6 nitrogen and oxygen atoms in total. The van der Waals surface area contributed by atoms with E-state index in [9.17, 15) is 9.59 Å². The Hall–Kier alpha value is -2.08. The van der Waals surface area contributed by atoms with Gasteiger partial charge in [-0.15, -0.1) is 0 Å². The van der Waals surface area contributed by atoms with Crippen molar-refractivity contribution in [2.75, 3.05) is 20.1 Å². The zero-order valence-corrected chi connectivity index (χ0v) is 10.8. The van der Waals surface area contributed by atoms with Crippen LogP contribution in [0, 0.1) is 0 Å². The standard InChI is InChI=1S/C13H17N3O3/c1-16(12(17)4-6-14)7-5-9-2-3-10-11(8-9)19-13(18)15-10/h2-3,8H,4-7,14H2,1H3,(H,15,18). The van der Waals surface area contributed by atoms with Gasteiger partial charge in [-0.2, -0.15) is 0 Å². The monoisotopic (exact) mass is 263 g/mol. The lowest BCUT2D eigenvalue weighted by Crippen LogP contribution is -2.30. The number of oxazole rings is 1. The maximum absolute atomic E-state index is 11.6. The van der Waals surface area contributed by atoms with E-state index in [0.717, 1.165) is 5.56 Å². The lowest BCUT2D eigenvalue weighted by molar-refractivity contribution is -0.129. The second kappa shape index (κ2) is 5.71. The van der Waals surface area contributed by atoms with Crippen LogP contribution in [0.4, 0.5) is 0 Å². The van der Waals surface area contributed by atoms with Gasteiger partial charge in [0.25, 0.3) is 0 Å². The molecule has 102 valence electrons. The number of fused-ring (bicyclic) bond motifs is 1. The first-order valence-electron chi connectivity index (χ1n) is 6.16. The fourth-order valence-corrected chi connectivity index (χ4v) is 1.88. The van der Waals surface area contributed by atoms with Gasteiger partial charge in [-0.3, -0.25) is 9.78 Å². The summed E-state index contributed by atoms with van der Waals surface area (Å²) >= 11 is 0. The van der Waals surface area contributed by atoms with Crippen molar-refractivity contribution in [2.45, 2.75) is 12.8 Å². The molecule has 1 aromatic carbocycles. The number of aromatic amines is 1. The number of hydrogen-bond donors (Lipinski definition) is 2. The van der Waals surface area contributed by atoms with Gasteiger partial charge in [-0.25, -0.2) is 4.79 Å². The summed E-state index contributed by atoms with van der Waals surface area (Å²) in [5, 5.41) is 0. The molecule has 0 saturated carbocycles. The third-order valence-corrected chi connectivity index (χ3v) is 3.01. The van der Waals surface area contributed by atoms with E-state index in [4.69, 9.17) is 10.2 Å². The van der Waals surface area contributed by atoms with E-state index in [1.807, 2.05) is 12.1 Å². The number of carbonyl (C=O) groups excluding carboxylic acids is 1. The smallest absolute Gasteiger partial charge is 0.408 e. The van der Waals surface area contributed by atoms with Crippen molar-refractivity contribution < 1.29 is 9.21 Å². The molecule has 19 heavy (non-hydrogen) atoms. The molecule has 0 aliphatic rings. The predicted octanol–water partition coefficient (Wildman–Crippen LogP) is 0.471. The molecule has 1 heterocycles. The van der Waals surface area contributed by atoms with Gasteiger partial charge in [-0.1, -0.05) is 6.07 Å². The van der Waals surface area contributed by atoms with Gasteiger partial charge in [0.15, 0.2) is 5.58 Å². The van der Waals surface area contributed by atoms with Crippen LogP contribution in [0.3, 0.4) is 0 Å². The number of nitrogens with zero attached hydrogens (tertiary/aromatic N) is 1. The maximum Gasteiger partial charge on any atom is 0.417 e. The van der Waals surface area contributed by atoms with Crippen molar-refractivity contribution in [1.29, 1.82) is 0 Å². The SMILES string of the molecule is CN(CCc1ccc2[nH]c(=O)oc2c1)C(=O)CCN. The molecule has 0 radical (unpaired) electrons. The van der Waals surface area contributed by atoms with Gasteiger partial charge in [0.2, 0.25) is 5.91 Å². The molecular formula is C13H17N3O3. The Balaban J connectivity index is 2.01. The van der Waals surface area contributed by atoms with Crippen molar-refractivity contribution in [3.8, 4) is 0 Å². The zero-order chi connectivity index (χ0) is 13.8. The molecule has 6 heteroatoms. The molecule has 0 bridgehead atoms. The average molecular weight is 263 g/mol. The van der Waals surface area contributed by atoms with Crippen molar-refractivity contribution in [2.24, 2.45) is 5.73 Å². The molecule has 2 aromatic rings. The molecule has 0 aliphatic carbocycles. The van der Waals surface area contributed by atoms with Crippen LogP contribution in [0.2, 0.25) is 0 Å². The van der Waals surface area contributed by atoms with Crippen LogP contribution in [0.1, 0.15) is 12.0 Å². The average Bonchev–Trinajstić information content (AvgIpc) is 2.75. The van der Waals surface area contributed by atoms with E-state index in [2.05, 4.69) is 4.98 Å². The lowest BCUT2D eigenvalue weighted by Gasteiger charge is -2.16. The number of H-pyrrole nitrogens is 1. The van der Waals surface area contributed by atoms with Gasteiger partial charge in [0, 0.05) is 26.6 Å². The highest BCUT2D eigenvalue weighted by molar-refractivity contribution is 5.76. The van der Waals surface area contributed by atoms with Gasteiger partial charge >= 0.3 is 5.76 Å². The van der Waals surface area contributed by atoms with Crippen LogP contribution in [0.25, 0.3) is 11.1 Å². The Morgan fingerprint density at radius 1 is 1.47 bits per heavy atom. The van der Waals surface area contributed by atoms with Crippen molar-refractivity contribution >= 4 is 17.0 Å². The highest BCUT2D eigenvalue weighted by atomic mass is 16.4. The summed E-state index contributed by atoms with van der Waals surface area (Å²) in [5.41, 5.74) is 7.58. The third kappa shape index (κ3) is 3.23. The van der Waals surface area contributed by atoms with E-state index < -0.39 is 5.76 Å². The molecular weight excluding hydrogens is 246 g/mol. The first-order chi connectivity index (χ1) is 9.10. The topological polar surface area (TPSA) is 92.3 Å². The van der Waals surface area contributed by atoms with Gasteiger partial charge in [0.05, 0.1) is 5.52 Å². The molecule has 0 spiro atoms. The summed E-state index contributed by atoms with van der Waals surface area (Å²) in [5.74, 6) is -0.417. The molecule has 0 atom stereocenters. The summed E-state index contributed by atoms with van der Waals surface area (Å²) < 4.78 is 4.99. The van der Waals surface area contributed by atoms with Crippen LogP contribution >= 0.6 is 0 Å². The van der Waals surface area contributed by atoms with E-state index in [0.29, 0.717) is 37.0 Å². The number of rotatable bonds is 5. The first-order valence-corrected chi connectivity index (χ1v) is 6.16. The minimum absolute atomic E-state index is 0.0387. The Morgan fingerprint density at radius 2 is 2.26 bits per heavy atom. The molecule has 2 rings (SSSR count). The van der Waals surface area contributed by atoms with E-state index >= 15 is 0 Å². The van der Waals surface area contributed by atoms with Crippen LogP contribution < -0.4 is 11.5 Å². The molecule has 0 fully saturated rings. The number of amides is 1. The molecule has 0 aliphatic heterocycles. The molecule has 1 aromatic heterocycles. The number of likely N-dealkylation sites (N-methyl/N-ethyl adjacent to an activating group) is 1. The normalized spacial score (nSPS) is 10.8. The summed E-state index contributed by atoms with van der Waals surface area (Å²) in [4.78, 5) is 26.8. The van der Waals surface area contributed by atoms with Gasteiger partial charge in [0.1, 0.15) is 0 Å². The Morgan fingerprint density at radius 3 is 3.00 bits per heavy atom. The Kier molecular flexibility index (Phi) is 4.01. The summed E-state index contributed by atoms with van der Waals surface area (Å²) in [7, 11) is 1.76. The van der Waals surface area contributed by atoms with E-state index in [1.165, 1.54) is 0 Å². The van der Waals surface area contributed by atoms with Crippen LogP contribution in [0.5, 0.6) is 0 Å². The van der Waals surface area contributed by atoms with Crippen molar-refractivity contribution in [3.05, 3.63) is 34.3 Å². The third-order valence-electron chi connectivity index (χ3n) is 3.01. The van der Waals surface area contributed by atoms with Crippen LogP contribution in [-0.2, 0) is 11.2 Å². The molecule has 1 amide bonds. The summed E-state index contributed by atoms with van der Waals surface area (Å²) in [6, 6.07) is 5.53. The summed E-state index contributed by atoms with van der Waals surface area (Å²) in [6.07, 6.45) is 1.07. The number of carbonyl (C=O) groups is 1. The molecule has 0 saturated heterocycles. The van der Waals surface area contributed by atoms with Gasteiger partial charge in [-0.05, 0) is 24.1 Å². The van der Waals surface area contributed by atoms with Crippen molar-refractivity contribution in [3.63, 3.8) is 0 Å². The predicted molar refractivity (Wildman–Crippen MR) is 71.8 cm³/mol. The lowest BCUT2D eigenvalue weighted by atomic mass is 10.1. The first kappa shape index (κ1) is 13.4. The quantitative estimate of drug-likeness (QED) is 0.820. The number of aromatic nitrogens is 1. The number of benzene rings is 1. The summed E-state index contributed by atoms with van der Waals surface area (Å²) in [6.45, 7) is 0.975. The minimum Gasteiger partial charge on any atom is -0.408 e. The van der Waals surface area contributed by atoms with E-state index in [1.54, 1.807) is 18.0 Å². The number of nitrogens with one attached hydrogen (secondary N) is 1. The Bertz CT molecular complexity index is 629. The second-order valence-corrected chi connectivity index (χ2v) is 4.45. The number of hydrogen-bond acceptors (Lipinski definition) is 4. The highest BCUT2D eigenvalue weighted by Crippen LogP contribution is 2.13. The van der Waals surface area contributed by atoms with Crippen LogP contribution in [-0.4, -0.2) is 35.9 Å². The highest BCUT2D eigenvalue weighted by Gasteiger charge is 2.08. The molecule has 0 unspecified atom stereocenters. The number of nitrogens with two attached hydrogens (primary N) is 1. The fraction of sp³-hybridized carbons (Fsp3) is 0.385. The molecule has 3 N–H and O–H groups in total.